The number of primary amides is 1. The van der Waals surface area contributed by atoms with E-state index in [1.165, 1.54) is 12.5 Å². The molecule has 0 aliphatic rings. The molecule has 13 heteroatoms. The van der Waals surface area contributed by atoms with Gasteiger partial charge in [0.05, 0.1) is 12.7 Å². The Morgan fingerprint density at radius 2 is 1.41 bits per heavy atom. The molecule has 0 radical (unpaired) electrons. The van der Waals surface area contributed by atoms with Gasteiger partial charge in [-0.05, 0) is 31.9 Å². The van der Waals surface area contributed by atoms with E-state index in [1.54, 1.807) is 69.3 Å². The van der Waals surface area contributed by atoms with E-state index < -0.39 is 59.9 Å². The largest absolute Gasteiger partial charge is 0.458 e. The Balaban J connectivity index is 1.76. The highest BCUT2D eigenvalue weighted by Gasteiger charge is 2.33. The third kappa shape index (κ3) is 11.6. The summed E-state index contributed by atoms with van der Waals surface area (Å²) < 4.78 is 10.8. The van der Waals surface area contributed by atoms with Gasteiger partial charge >= 0.3 is 12.1 Å². The van der Waals surface area contributed by atoms with Gasteiger partial charge in [0.25, 0.3) is 0 Å². The summed E-state index contributed by atoms with van der Waals surface area (Å²) in [6, 6.07) is 14.1. The fourth-order valence-electron chi connectivity index (χ4n) is 4.10. The lowest BCUT2D eigenvalue weighted by molar-refractivity contribution is -0.158. The van der Waals surface area contributed by atoms with Crippen LogP contribution in [0.5, 0.6) is 0 Å². The number of aromatic amines is 1. The number of rotatable bonds is 14. The predicted molar refractivity (Wildman–Crippen MR) is 160 cm³/mol. The number of benzene rings is 2. The predicted octanol–water partition coefficient (Wildman–Crippen LogP) is 1.68. The zero-order valence-electron chi connectivity index (χ0n) is 24.9. The molecule has 234 valence electrons. The lowest BCUT2D eigenvalue weighted by atomic mass is 10.0. The molecule has 0 unspecified atom stereocenters. The molecule has 3 rings (SSSR count). The summed E-state index contributed by atoms with van der Waals surface area (Å²) >= 11 is 0. The molecule has 0 aliphatic carbocycles. The van der Waals surface area contributed by atoms with E-state index in [2.05, 4.69) is 25.9 Å². The topological polar surface area (TPSA) is 195 Å². The van der Waals surface area contributed by atoms with Gasteiger partial charge in [-0.25, -0.2) is 14.6 Å². The van der Waals surface area contributed by atoms with Crippen LogP contribution in [0.2, 0.25) is 0 Å². The Bertz CT molecular complexity index is 1390. The number of imidazole rings is 1. The maximum atomic E-state index is 13.4. The molecule has 3 aromatic rings. The van der Waals surface area contributed by atoms with Gasteiger partial charge < -0.3 is 36.1 Å². The van der Waals surface area contributed by atoms with Crippen molar-refractivity contribution in [1.29, 1.82) is 0 Å². The Labute approximate surface area is 255 Å². The molecule has 0 fully saturated rings. The van der Waals surface area contributed by atoms with Crippen LogP contribution in [0.15, 0.2) is 73.2 Å². The van der Waals surface area contributed by atoms with Gasteiger partial charge in [-0.15, -0.1) is 0 Å². The highest BCUT2D eigenvalue weighted by molar-refractivity contribution is 5.95. The number of nitrogens with one attached hydrogen (secondary N) is 4. The van der Waals surface area contributed by atoms with E-state index >= 15 is 0 Å². The summed E-state index contributed by atoms with van der Waals surface area (Å²) in [6.45, 7) is 5.05. The number of H-pyrrole nitrogens is 1. The maximum absolute atomic E-state index is 13.4. The summed E-state index contributed by atoms with van der Waals surface area (Å²) in [5, 5.41) is 7.58. The van der Waals surface area contributed by atoms with Crippen molar-refractivity contribution in [2.24, 2.45) is 5.73 Å². The third-order valence-electron chi connectivity index (χ3n) is 6.13. The number of ether oxygens (including phenoxy) is 2. The molecule has 4 amide bonds. The van der Waals surface area contributed by atoms with E-state index in [0.29, 0.717) is 5.69 Å². The molecule has 0 aliphatic heterocycles. The first-order valence-corrected chi connectivity index (χ1v) is 14.0. The van der Waals surface area contributed by atoms with Crippen LogP contribution in [0.4, 0.5) is 4.79 Å². The SMILES string of the molecule is CC(C)(C)OC(=O)[C@H](Cc1ccccc1)NC(=O)[C@H](CC(N)=O)NC(=O)[C@@H](Cc1cnc[nH]1)NC(=O)OCc1ccccc1. The van der Waals surface area contributed by atoms with Crippen LogP contribution in [0.3, 0.4) is 0 Å². The standard InChI is InChI=1S/C31H38N6O7/c1-31(2,3)44-29(41)25(14-20-10-6-4-7-11-20)36-28(40)24(16-26(32)38)35-27(39)23(15-22-17-33-19-34-22)37-30(42)43-18-21-12-8-5-9-13-21/h4-13,17,19,23-25H,14-16,18H2,1-3H3,(H2,32,38)(H,33,34)(H,35,39)(H,36,40)(H,37,42)/t23-,24+,25+/m1/s1. The number of nitrogens with zero attached hydrogens (tertiary/aromatic N) is 1. The second-order valence-corrected chi connectivity index (χ2v) is 11.1. The van der Waals surface area contributed by atoms with Crippen LogP contribution in [0.25, 0.3) is 0 Å². The number of esters is 1. The van der Waals surface area contributed by atoms with Gasteiger partial charge in [0.1, 0.15) is 30.3 Å². The first-order valence-electron chi connectivity index (χ1n) is 14.0. The van der Waals surface area contributed by atoms with Crippen molar-refractivity contribution in [3.05, 3.63) is 90.0 Å². The van der Waals surface area contributed by atoms with Crippen molar-refractivity contribution < 1.29 is 33.4 Å². The van der Waals surface area contributed by atoms with E-state index in [4.69, 9.17) is 15.2 Å². The molecule has 1 heterocycles. The first-order chi connectivity index (χ1) is 20.9. The van der Waals surface area contributed by atoms with Crippen molar-refractivity contribution in [1.82, 2.24) is 25.9 Å². The number of hydrogen-bond acceptors (Lipinski definition) is 8. The smallest absolute Gasteiger partial charge is 0.408 e. The number of carbonyl (C=O) groups excluding carboxylic acids is 5. The Hall–Kier alpha value is -5.20. The van der Waals surface area contributed by atoms with Gasteiger partial charge in [0.2, 0.25) is 17.7 Å². The first kappa shape index (κ1) is 33.3. The van der Waals surface area contributed by atoms with E-state index in [9.17, 15) is 24.0 Å². The molecule has 0 saturated heterocycles. The molecule has 0 bridgehead atoms. The lowest BCUT2D eigenvalue weighted by Crippen LogP contribution is -2.57. The van der Waals surface area contributed by atoms with E-state index in [-0.39, 0.29) is 19.4 Å². The van der Waals surface area contributed by atoms with Crippen LogP contribution in [0.1, 0.15) is 44.0 Å². The van der Waals surface area contributed by atoms with Gasteiger partial charge in [0.15, 0.2) is 0 Å². The minimum atomic E-state index is -1.47. The van der Waals surface area contributed by atoms with Crippen LogP contribution in [-0.4, -0.2) is 63.5 Å². The summed E-state index contributed by atoms with van der Waals surface area (Å²) in [5.74, 6) is -3.20. The minimum Gasteiger partial charge on any atom is -0.458 e. The molecular weight excluding hydrogens is 568 g/mol. The number of hydrogen-bond donors (Lipinski definition) is 5. The van der Waals surface area contributed by atoms with Crippen molar-refractivity contribution >= 4 is 29.8 Å². The van der Waals surface area contributed by atoms with Crippen molar-refractivity contribution in [3.8, 4) is 0 Å². The summed E-state index contributed by atoms with van der Waals surface area (Å²) in [4.78, 5) is 71.2. The van der Waals surface area contributed by atoms with Crippen LogP contribution >= 0.6 is 0 Å². The molecule has 13 nitrogen and oxygen atoms in total. The molecule has 0 saturated carbocycles. The second-order valence-electron chi connectivity index (χ2n) is 11.1. The molecule has 2 aromatic carbocycles. The summed E-state index contributed by atoms with van der Waals surface area (Å²) in [6.07, 6.45) is 1.49. The monoisotopic (exact) mass is 606 g/mol. The molecule has 44 heavy (non-hydrogen) atoms. The van der Waals surface area contributed by atoms with Crippen LogP contribution in [-0.2, 0) is 48.1 Å². The summed E-state index contributed by atoms with van der Waals surface area (Å²) in [7, 11) is 0. The lowest BCUT2D eigenvalue weighted by Gasteiger charge is -2.27. The number of nitrogens with two attached hydrogens (primary N) is 1. The van der Waals surface area contributed by atoms with Crippen molar-refractivity contribution in [3.63, 3.8) is 0 Å². The Kier molecular flexibility index (Phi) is 12.0. The Morgan fingerprint density at radius 1 is 0.818 bits per heavy atom. The van der Waals surface area contributed by atoms with Crippen molar-refractivity contribution in [2.45, 2.75) is 70.4 Å². The van der Waals surface area contributed by atoms with Crippen molar-refractivity contribution in [2.75, 3.05) is 0 Å². The third-order valence-corrected chi connectivity index (χ3v) is 6.13. The normalized spacial score (nSPS) is 13.1. The van der Waals surface area contributed by atoms with Crippen LogP contribution in [0, 0.1) is 0 Å². The van der Waals surface area contributed by atoms with Gasteiger partial charge in [-0.1, -0.05) is 60.7 Å². The molecule has 0 spiro atoms. The zero-order chi connectivity index (χ0) is 32.1. The second kappa shape index (κ2) is 15.9. The molecule has 6 N–H and O–H groups in total. The number of amides is 4. The quantitative estimate of drug-likeness (QED) is 0.171. The zero-order valence-corrected chi connectivity index (χ0v) is 24.9. The number of aromatic nitrogens is 2. The minimum absolute atomic E-state index is 0.0360. The average Bonchev–Trinajstić information content (AvgIpc) is 3.48. The van der Waals surface area contributed by atoms with Gasteiger partial charge in [-0.3, -0.25) is 14.4 Å². The fourth-order valence-corrected chi connectivity index (χ4v) is 4.10. The highest BCUT2D eigenvalue weighted by atomic mass is 16.6. The average molecular weight is 607 g/mol. The van der Waals surface area contributed by atoms with Crippen LogP contribution < -0.4 is 21.7 Å². The van der Waals surface area contributed by atoms with Gasteiger partial charge in [0, 0.05) is 24.7 Å². The molecular formula is C31H38N6O7. The van der Waals surface area contributed by atoms with E-state index in [1.807, 2.05) is 12.1 Å². The summed E-state index contributed by atoms with van der Waals surface area (Å²) in [5.41, 5.74) is 6.57. The Morgan fingerprint density at radius 3 is 1.98 bits per heavy atom. The fraction of sp³-hybridized carbons (Fsp3) is 0.355. The number of alkyl carbamates (subject to hydrolysis) is 1. The number of carbonyl (C=O) groups is 5. The maximum Gasteiger partial charge on any atom is 0.408 e. The van der Waals surface area contributed by atoms with E-state index in [0.717, 1.165) is 11.1 Å². The highest BCUT2D eigenvalue weighted by Crippen LogP contribution is 2.12. The molecule has 1 aromatic heterocycles. The van der Waals surface area contributed by atoms with Gasteiger partial charge in [-0.2, -0.15) is 0 Å². The molecule has 3 atom stereocenters.